The Balaban J connectivity index is 1.87. The van der Waals surface area contributed by atoms with Crippen LogP contribution in [0.2, 0.25) is 0 Å². The fourth-order valence-corrected chi connectivity index (χ4v) is 3.51. The Hall–Kier alpha value is -1.64. The van der Waals surface area contributed by atoms with E-state index in [2.05, 4.69) is 65.7 Å². The molecule has 0 aliphatic carbocycles. The van der Waals surface area contributed by atoms with Gasteiger partial charge >= 0.3 is 0 Å². The molecule has 3 rings (SSSR count). The summed E-state index contributed by atoms with van der Waals surface area (Å²) in [5, 5.41) is 2.11. The number of nitrogens with zero attached hydrogens (tertiary/aromatic N) is 1. The lowest BCUT2D eigenvalue weighted by atomic mass is 9.78. The molecular weight excluding hydrogens is 256 g/mol. The summed E-state index contributed by atoms with van der Waals surface area (Å²) in [5.41, 5.74) is 2.82. The van der Waals surface area contributed by atoms with Crippen molar-refractivity contribution in [1.29, 1.82) is 0 Å². The summed E-state index contributed by atoms with van der Waals surface area (Å²) in [5.74, 6) is 6.44. The zero-order valence-corrected chi connectivity index (χ0v) is 12.5. The number of benzene rings is 2. The summed E-state index contributed by atoms with van der Waals surface area (Å²) in [4.78, 5) is 0. The fourth-order valence-electron chi connectivity index (χ4n) is 3.51. The molecule has 1 saturated heterocycles. The van der Waals surface area contributed by atoms with Crippen LogP contribution in [0.25, 0.3) is 0 Å². The van der Waals surface area contributed by atoms with Gasteiger partial charge in [-0.2, -0.15) is 0 Å². The van der Waals surface area contributed by atoms with Gasteiger partial charge in [-0.15, -0.1) is 0 Å². The zero-order valence-electron chi connectivity index (χ0n) is 12.5. The van der Waals surface area contributed by atoms with Crippen molar-refractivity contribution in [2.24, 2.45) is 5.84 Å². The lowest BCUT2D eigenvalue weighted by Crippen LogP contribution is -2.58. The summed E-state index contributed by atoms with van der Waals surface area (Å²) in [6.45, 7) is 1.000. The minimum absolute atomic E-state index is 0.0565. The summed E-state index contributed by atoms with van der Waals surface area (Å²) in [6.07, 6.45) is 5.71. The highest BCUT2D eigenvalue weighted by atomic mass is 15.4. The van der Waals surface area contributed by atoms with Gasteiger partial charge in [0.05, 0.1) is 0 Å². The monoisotopic (exact) mass is 280 g/mol. The van der Waals surface area contributed by atoms with Crippen molar-refractivity contribution >= 4 is 0 Å². The number of nitrogens with two attached hydrogens (primary N) is 1. The minimum atomic E-state index is 0.0565. The van der Waals surface area contributed by atoms with Crippen LogP contribution in [-0.2, 0) is 12.8 Å². The normalized spacial score (nSPS) is 18.5. The third-order valence-corrected chi connectivity index (χ3v) is 4.65. The van der Waals surface area contributed by atoms with Gasteiger partial charge < -0.3 is 0 Å². The largest absolute Gasteiger partial charge is 0.268 e. The predicted octanol–water partition coefficient (Wildman–Crippen LogP) is 3.57. The molecular formula is C19H24N2. The molecule has 2 aromatic rings. The van der Waals surface area contributed by atoms with E-state index in [0.29, 0.717) is 0 Å². The first-order valence-corrected chi connectivity index (χ1v) is 7.89. The second kappa shape index (κ2) is 6.42. The van der Waals surface area contributed by atoms with Crippen molar-refractivity contribution in [1.82, 2.24) is 5.01 Å². The second-order valence-corrected chi connectivity index (χ2v) is 6.20. The van der Waals surface area contributed by atoms with Gasteiger partial charge in [-0.25, -0.2) is 5.01 Å². The Bertz CT molecular complexity index is 509. The number of hydrogen-bond donors (Lipinski definition) is 1. The first-order valence-electron chi connectivity index (χ1n) is 7.89. The van der Waals surface area contributed by atoms with Crippen LogP contribution in [0.3, 0.4) is 0 Å². The van der Waals surface area contributed by atoms with Crippen LogP contribution in [0.1, 0.15) is 30.4 Å². The molecule has 1 aliphatic heterocycles. The Morgan fingerprint density at radius 3 is 1.81 bits per heavy atom. The van der Waals surface area contributed by atoms with Gasteiger partial charge in [0.2, 0.25) is 0 Å². The molecule has 2 heteroatoms. The van der Waals surface area contributed by atoms with E-state index in [-0.39, 0.29) is 5.54 Å². The van der Waals surface area contributed by atoms with Crippen LogP contribution in [0, 0.1) is 0 Å². The van der Waals surface area contributed by atoms with Gasteiger partial charge in [0, 0.05) is 12.1 Å². The van der Waals surface area contributed by atoms with E-state index in [4.69, 9.17) is 5.84 Å². The molecule has 0 atom stereocenters. The van der Waals surface area contributed by atoms with E-state index in [1.54, 1.807) is 0 Å². The maximum Gasteiger partial charge on any atom is 0.0432 e. The third kappa shape index (κ3) is 3.34. The van der Waals surface area contributed by atoms with E-state index in [1.165, 1.54) is 30.4 Å². The molecule has 2 nitrogen and oxygen atoms in total. The quantitative estimate of drug-likeness (QED) is 0.868. The van der Waals surface area contributed by atoms with E-state index < -0.39 is 0 Å². The highest BCUT2D eigenvalue weighted by molar-refractivity contribution is 5.23. The molecule has 0 aromatic heterocycles. The molecule has 0 radical (unpaired) electrons. The topological polar surface area (TPSA) is 29.3 Å². The number of piperidine rings is 1. The number of hydrazine groups is 1. The standard InChI is InChI=1S/C19H24N2/c20-21-14-8-7-13-19(21,15-17-9-3-1-4-10-17)16-18-11-5-2-6-12-18/h1-6,9-12H,7-8,13-16,20H2. The molecule has 0 unspecified atom stereocenters. The minimum Gasteiger partial charge on any atom is -0.268 e. The van der Waals surface area contributed by atoms with E-state index >= 15 is 0 Å². The highest BCUT2D eigenvalue weighted by Crippen LogP contribution is 2.32. The van der Waals surface area contributed by atoms with Crippen molar-refractivity contribution in [3.8, 4) is 0 Å². The average Bonchev–Trinajstić information content (AvgIpc) is 2.52. The maximum atomic E-state index is 6.44. The lowest BCUT2D eigenvalue weighted by molar-refractivity contribution is 0.0455. The molecule has 0 bridgehead atoms. The van der Waals surface area contributed by atoms with Crippen LogP contribution < -0.4 is 5.84 Å². The molecule has 1 aliphatic rings. The Morgan fingerprint density at radius 2 is 1.33 bits per heavy atom. The van der Waals surface area contributed by atoms with Gasteiger partial charge in [0.25, 0.3) is 0 Å². The van der Waals surface area contributed by atoms with Crippen molar-refractivity contribution in [2.75, 3.05) is 6.54 Å². The van der Waals surface area contributed by atoms with Crippen LogP contribution in [0.4, 0.5) is 0 Å². The van der Waals surface area contributed by atoms with E-state index in [1.807, 2.05) is 0 Å². The number of hydrogen-bond acceptors (Lipinski definition) is 2. The van der Waals surface area contributed by atoms with Crippen LogP contribution in [0.5, 0.6) is 0 Å². The molecule has 110 valence electrons. The molecule has 0 saturated carbocycles. The molecule has 2 aromatic carbocycles. The molecule has 0 spiro atoms. The van der Waals surface area contributed by atoms with Crippen LogP contribution in [-0.4, -0.2) is 17.1 Å². The Kier molecular flexibility index (Phi) is 4.37. The van der Waals surface area contributed by atoms with Crippen LogP contribution >= 0.6 is 0 Å². The second-order valence-electron chi connectivity index (χ2n) is 6.20. The van der Waals surface area contributed by atoms with Crippen molar-refractivity contribution < 1.29 is 0 Å². The lowest BCUT2D eigenvalue weighted by Gasteiger charge is -2.45. The van der Waals surface area contributed by atoms with Crippen molar-refractivity contribution in [3.05, 3.63) is 71.8 Å². The SMILES string of the molecule is NN1CCCCC1(Cc1ccccc1)Cc1ccccc1. The summed E-state index contributed by atoms with van der Waals surface area (Å²) >= 11 is 0. The smallest absolute Gasteiger partial charge is 0.0432 e. The van der Waals surface area contributed by atoms with Crippen molar-refractivity contribution in [2.45, 2.75) is 37.6 Å². The third-order valence-electron chi connectivity index (χ3n) is 4.65. The molecule has 1 heterocycles. The van der Waals surface area contributed by atoms with Gasteiger partial charge in [0.1, 0.15) is 0 Å². The number of rotatable bonds is 4. The van der Waals surface area contributed by atoms with Crippen molar-refractivity contribution in [3.63, 3.8) is 0 Å². The Morgan fingerprint density at radius 1 is 0.810 bits per heavy atom. The van der Waals surface area contributed by atoms with E-state index in [0.717, 1.165) is 19.4 Å². The van der Waals surface area contributed by atoms with Gasteiger partial charge in [0.15, 0.2) is 0 Å². The summed E-state index contributed by atoms with van der Waals surface area (Å²) < 4.78 is 0. The maximum absolute atomic E-state index is 6.44. The van der Waals surface area contributed by atoms with Crippen LogP contribution in [0.15, 0.2) is 60.7 Å². The predicted molar refractivity (Wildman–Crippen MR) is 87.8 cm³/mol. The summed E-state index contributed by atoms with van der Waals surface area (Å²) in [7, 11) is 0. The van der Waals surface area contributed by atoms with Gasteiger partial charge in [-0.1, -0.05) is 67.1 Å². The molecule has 0 amide bonds. The molecule has 1 fully saturated rings. The zero-order chi connectivity index (χ0) is 14.5. The highest BCUT2D eigenvalue weighted by Gasteiger charge is 2.37. The molecule has 21 heavy (non-hydrogen) atoms. The first kappa shape index (κ1) is 14.3. The fraction of sp³-hybridized carbons (Fsp3) is 0.368. The summed E-state index contributed by atoms with van der Waals surface area (Å²) in [6, 6.07) is 21.5. The first-order chi connectivity index (χ1) is 10.3. The average molecular weight is 280 g/mol. The molecule has 2 N–H and O–H groups in total. The Labute approximate surface area is 127 Å². The van der Waals surface area contributed by atoms with E-state index in [9.17, 15) is 0 Å². The van der Waals surface area contributed by atoms with Gasteiger partial charge in [-0.05, 0) is 36.8 Å². The van der Waals surface area contributed by atoms with Gasteiger partial charge in [-0.3, -0.25) is 5.84 Å².